The molecule has 116 valence electrons. The van der Waals surface area contributed by atoms with E-state index in [0.29, 0.717) is 21.6 Å². The Balaban J connectivity index is 2.50. The van der Waals surface area contributed by atoms with Crippen LogP contribution in [0.5, 0.6) is 5.75 Å². The summed E-state index contributed by atoms with van der Waals surface area (Å²) in [7, 11) is 1.12. The number of thiophene rings is 1. The minimum atomic E-state index is -4.88. The molecule has 0 atom stereocenters. The number of alkyl halides is 3. The Morgan fingerprint density at radius 3 is 2.50 bits per heavy atom. The standard InChI is InChI=1S/C14H9F3O4S/c1-20-13(19)9-4-8(12-3-2-11(7-18)22-12)5-10(6-9)21-14(15,16)17/h2-7H,1H3. The van der Waals surface area contributed by atoms with Crippen molar-refractivity contribution in [1.82, 2.24) is 0 Å². The lowest BCUT2D eigenvalue weighted by atomic mass is 10.1. The quantitative estimate of drug-likeness (QED) is 0.630. The fourth-order valence-corrected chi connectivity index (χ4v) is 2.55. The summed E-state index contributed by atoms with van der Waals surface area (Å²) < 4.78 is 45.5. The largest absolute Gasteiger partial charge is 0.573 e. The number of rotatable bonds is 4. The zero-order chi connectivity index (χ0) is 16.3. The molecule has 1 heterocycles. The van der Waals surface area contributed by atoms with E-state index in [-0.39, 0.29) is 5.56 Å². The highest BCUT2D eigenvalue weighted by Crippen LogP contribution is 2.33. The minimum Gasteiger partial charge on any atom is -0.465 e. The SMILES string of the molecule is COC(=O)c1cc(OC(F)(F)F)cc(-c2ccc(C=O)s2)c1. The highest BCUT2D eigenvalue weighted by atomic mass is 32.1. The van der Waals surface area contributed by atoms with Crippen LogP contribution < -0.4 is 4.74 Å². The second kappa shape index (κ2) is 6.18. The number of carbonyl (C=O) groups excluding carboxylic acids is 2. The summed E-state index contributed by atoms with van der Waals surface area (Å²) in [6.07, 6.45) is -4.25. The fourth-order valence-electron chi connectivity index (χ4n) is 1.74. The van der Waals surface area contributed by atoms with Crippen molar-refractivity contribution in [2.24, 2.45) is 0 Å². The normalized spacial score (nSPS) is 11.1. The Kier molecular flexibility index (Phi) is 4.51. The van der Waals surface area contributed by atoms with Gasteiger partial charge in [0.05, 0.1) is 17.6 Å². The van der Waals surface area contributed by atoms with Crippen LogP contribution in [0.4, 0.5) is 13.2 Å². The van der Waals surface area contributed by atoms with E-state index in [9.17, 15) is 22.8 Å². The van der Waals surface area contributed by atoms with E-state index in [4.69, 9.17) is 0 Å². The Labute approximate surface area is 127 Å². The van der Waals surface area contributed by atoms with Gasteiger partial charge in [0.2, 0.25) is 0 Å². The number of hydrogen-bond donors (Lipinski definition) is 0. The van der Waals surface area contributed by atoms with Crippen LogP contribution in [-0.4, -0.2) is 25.7 Å². The first-order valence-electron chi connectivity index (χ1n) is 5.87. The molecule has 0 N–H and O–H groups in total. The lowest BCUT2D eigenvalue weighted by Gasteiger charge is -2.11. The maximum absolute atomic E-state index is 12.4. The Hall–Kier alpha value is -2.35. The zero-order valence-corrected chi connectivity index (χ0v) is 12.0. The molecule has 0 spiro atoms. The molecule has 0 aliphatic carbocycles. The molecular formula is C14H9F3O4S. The first-order valence-corrected chi connectivity index (χ1v) is 6.68. The molecule has 8 heteroatoms. The van der Waals surface area contributed by atoms with E-state index in [0.717, 1.165) is 30.6 Å². The van der Waals surface area contributed by atoms with Gasteiger partial charge in [-0.05, 0) is 35.9 Å². The molecule has 4 nitrogen and oxygen atoms in total. The third-order valence-corrected chi connectivity index (χ3v) is 3.65. The van der Waals surface area contributed by atoms with Gasteiger partial charge in [0.1, 0.15) is 5.75 Å². The Bertz CT molecular complexity index is 706. The van der Waals surface area contributed by atoms with Crippen LogP contribution in [0.15, 0.2) is 30.3 Å². The molecule has 0 fully saturated rings. The number of aldehydes is 1. The van der Waals surface area contributed by atoms with Crippen molar-refractivity contribution in [3.8, 4) is 16.2 Å². The minimum absolute atomic E-state index is 0.0831. The molecule has 0 amide bonds. The van der Waals surface area contributed by atoms with Gasteiger partial charge in [0.25, 0.3) is 0 Å². The monoisotopic (exact) mass is 330 g/mol. The predicted molar refractivity (Wildman–Crippen MR) is 73.2 cm³/mol. The average Bonchev–Trinajstić information content (AvgIpc) is 2.93. The molecule has 2 rings (SSSR count). The van der Waals surface area contributed by atoms with E-state index >= 15 is 0 Å². The fraction of sp³-hybridized carbons (Fsp3) is 0.143. The van der Waals surface area contributed by atoms with Crippen LogP contribution in [0.2, 0.25) is 0 Å². The molecular weight excluding hydrogens is 321 g/mol. The molecule has 0 radical (unpaired) electrons. The third kappa shape index (κ3) is 3.85. The zero-order valence-electron chi connectivity index (χ0n) is 11.1. The van der Waals surface area contributed by atoms with Crippen LogP contribution in [-0.2, 0) is 4.74 Å². The summed E-state index contributed by atoms with van der Waals surface area (Å²) in [6, 6.07) is 6.55. The Morgan fingerprint density at radius 2 is 1.95 bits per heavy atom. The van der Waals surface area contributed by atoms with E-state index < -0.39 is 18.1 Å². The van der Waals surface area contributed by atoms with Gasteiger partial charge in [-0.2, -0.15) is 0 Å². The van der Waals surface area contributed by atoms with E-state index in [1.807, 2.05) is 0 Å². The van der Waals surface area contributed by atoms with Gasteiger partial charge in [0, 0.05) is 4.88 Å². The van der Waals surface area contributed by atoms with Crippen LogP contribution >= 0.6 is 11.3 Å². The summed E-state index contributed by atoms with van der Waals surface area (Å²) in [5.41, 5.74) is 0.237. The maximum Gasteiger partial charge on any atom is 0.573 e. The number of carbonyl (C=O) groups is 2. The average molecular weight is 330 g/mol. The molecule has 1 aromatic carbocycles. The van der Waals surface area contributed by atoms with Gasteiger partial charge in [-0.25, -0.2) is 4.79 Å². The summed E-state index contributed by atoms with van der Waals surface area (Å²) in [5, 5.41) is 0. The number of benzene rings is 1. The molecule has 0 saturated heterocycles. The first-order chi connectivity index (χ1) is 10.3. The molecule has 0 unspecified atom stereocenters. The van der Waals surface area contributed by atoms with Gasteiger partial charge in [-0.3, -0.25) is 4.79 Å². The smallest absolute Gasteiger partial charge is 0.465 e. The summed E-state index contributed by atoms with van der Waals surface area (Å²) in [4.78, 5) is 23.2. The van der Waals surface area contributed by atoms with Crippen molar-refractivity contribution >= 4 is 23.6 Å². The van der Waals surface area contributed by atoms with Crippen molar-refractivity contribution in [3.63, 3.8) is 0 Å². The molecule has 1 aromatic heterocycles. The topological polar surface area (TPSA) is 52.6 Å². The lowest BCUT2D eigenvalue weighted by molar-refractivity contribution is -0.274. The number of halogens is 3. The predicted octanol–water partition coefficient (Wildman–Crippen LogP) is 3.91. The molecule has 2 aromatic rings. The first kappa shape index (κ1) is 16.0. The van der Waals surface area contributed by atoms with Gasteiger partial charge < -0.3 is 9.47 Å². The number of ether oxygens (including phenoxy) is 2. The lowest BCUT2D eigenvalue weighted by Crippen LogP contribution is -2.17. The van der Waals surface area contributed by atoms with Crippen molar-refractivity contribution in [2.75, 3.05) is 7.11 Å². The highest BCUT2D eigenvalue weighted by molar-refractivity contribution is 7.17. The maximum atomic E-state index is 12.4. The van der Waals surface area contributed by atoms with Gasteiger partial charge in [-0.1, -0.05) is 0 Å². The molecule has 0 aliphatic rings. The highest BCUT2D eigenvalue weighted by Gasteiger charge is 2.31. The second-order valence-electron chi connectivity index (χ2n) is 4.11. The number of methoxy groups -OCH3 is 1. The third-order valence-electron chi connectivity index (χ3n) is 2.59. The van der Waals surface area contributed by atoms with Crippen molar-refractivity contribution in [3.05, 3.63) is 40.8 Å². The molecule has 0 saturated carbocycles. The summed E-state index contributed by atoms with van der Waals surface area (Å²) in [6.45, 7) is 0. The molecule has 0 bridgehead atoms. The van der Waals surface area contributed by atoms with Crippen molar-refractivity contribution < 1.29 is 32.2 Å². The van der Waals surface area contributed by atoms with Crippen LogP contribution in [0, 0.1) is 0 Å². The molecule has 22 heavy (non-hydrogen) atoms. The second-order valence-corrected chi connectivity index (χ2v) is 5.22. The van der Waals surface area contributed by atoms with Crippen molar-refractivity contribution in [2.45, 2.75) is 6.36 Å². The van der Waals surface area contributed by atoms with Gasteiger partial charge >= 0.3 is 12.3 Å². The Morgan fingerprint density at radius 1 is 1.23 bits per heavy atom. The van der Waals surface area contributed by atoms with E-state index in [1.165, 1.54) is 12.1 Å². The van der Waals surface area contributed by atoms with Crippen LogP contribution in [0.25, 0.3) is 10.4 Å². The van der Waals surface area contributed by atoms with E-state index in [2.05, 4.69) is 9.47 Å². The van der Waals surface area contributed by atoms with E-state index in [1.54, 1.807) is 6.07 Å². The van der Waals surface area contributed by atoms with Crippen LogP contribution in [0.1, 0.15) is 20.0 Å². The van der Waals surface area contributed by atoms with Gasteiger partial charge in [-0.15, -0.1) is 24.5 Å². The number of hydrogen-bond acceptors (Lipinski definition) is 5. The molecule has 0 aliphatic heterocycles. The summed E-state index contributed by atoms with van der Waals surface area (Å²) >= 11 is 1.08. The van der Waals surface area contributed by atoms with Crippen molar-refractivity contribution in [1.29, 1.82) is 0 Å². The number of esters is 1. The summed E-state index contributed by atoms with van der Waals surface area (Å²) in [5.74, 6) is -1.33. The van der Waals surface area contributed by atoms with Gasteiger partial charge in [0.15, 0.2) is 6.29 Å². The van der Waals surface area contributed by atoms with Crippen LogP contribution in [0.3, 0.4) is 0 Å².